The number of carbonyl (C=O) groups excluding carboxylic acids is 2. The first-order valence-electron chi connectivity index (χ1n) is 8.36. The highest BCUT2D eigenvalue weighted by Crippen LogP contribution is 2.27. The van der Waals surface area contributed by atoms with Crippen LogP contribution in [0.4, 0.5) is 5.69 Å². The maximum atomic E-state index is 12.3. The summed E-state index contributed by atoms with van der Waals surface area (Å²) >= 11 is 6.23. The zero-order chi connectivity index (χ0) is 17.7. The minimum atomic E-state index is -0.167. The molecule has 6 heteroatoms. The summed E-state index contributed by atoms with van der Waals surface area (Å²) in [6, 6.07) is 3.82. The van der Waals surface area contributed by atoms with Gasteiger partial charge in [0, 0.05) is 6.54 Å². The summed E-state index contributed by atoms with van der Waals surface area (Å²) < 4.78 is 5.09. The first-order chi connectivity index (χ1) is 11.4. The highest BCUT2D eigenvalue weighted by molar-refractivity contribution is 6.34. The Morgan fingerprint density at radius 1 is 1.38 bits per heavy atom. The van der Waals surface area contributed by atoms with E-state index in [1.807, 2.05) is 30.9 Å². The van der Waals surface area contributed by atoms with Crippen LogP contribution in [0, 0.1) is 19.8 Å². The van der Waals surface area contributed by atoms with Crippen LogP contribution < -0.4 is 5.32 Å². The Morgan fingerprint density at radius 2 is 2.12 bits per heavy atom. The van der Waals surface area contributed by atoms with E-state index in [-0.39, 0.29) is 24.3 Å². The van der Waals surface area contributed by atoms with E-state index in [1.54, 1.807) is 6.92 Å². The Hall–Kier alpha value is -1.59. The molecule has 0 bridgehead atoms. The minimum Gasteiger partial charge on any atom is -0.466 e. The second-order valence-corrected chi connectivity index (χ2v) is 6.72. The topological polar surface area (TPSA) is 58.6 Å². The number of nitrogens with zero attached hydrogens (tertiary/aromatic N) is 1. The molecule has 2 rings (SSSR count). The normalized spacial score (nSPS) is 18.2. The van der Waals surface area contributed by atoms with E-state index in [4.69, 9.17) is 16.3 Å². The van der Waals surface area contributed by atoms with Gasteiger partial charge >= 0.3 is 5.97 Å². The summed E-state index contributed by atoms with van der Waals surface area (Å²) in [4.78, 5) is 26.2. The molecule has 0 spiro atoms. The largest absolute Gasteiger partial charge is 0.466 e. The molecule has 0 radical (unpaired) electrons. The standard InChI is InChI=1S/C18H25ClN2O3/c1-4-24-18(23)14-6-5-7-21(10-14)11-16(22)20-17-13(3)8-12(2)9-15(17)19/h8-9,14H,4-7,10-11H2,1-3H3,(H,20,22)/t14-/m0/s1. The number of esters is 1. The van der Waals surface area contributed by atoms with Crippen molar-refractivity contribution in [2.45, 2.75) is 33.6 Å². The molecule has 1 N–H and O–H groups in total. The SMILES string of the molecule is CCOC(=O)[C@H]1CCCN(CC(=O)Nc2c(C)cc(C)cc2Cl)C1. The molecule has 1 aliphatic rings. The number of rotatable bonds is 5. The van der Waals surface area contributed by atoms with Gasteiger partial charge in [0.2, 0.25) is 5.91 Å². The Bertz CT molecular complexity index is 595. The zero-order valence-corrected chi connectivity index (χ0v) is 15.3. The summed E-state index contributed by atoms with van der Waals surface area (Å²) in [7, 11) is 0. The van der Waals surface area contributed by atoms with Crippen LogP contribution >= 0.6 is 11.6 Å². The quantitative estimate of drug-likeness (QED) is 0.827. The van der Waals surface area contributed by atoms with E-state index in [2.05, 4.69) is 5.32 Å². The van der Waals surface area contributed by atoms with Gasteiger partial charge in [-0.15, -0.1) is 0 Å². The maximum absolute atomic E-state index is 12.3. The smallest absolute Gasteiger partial charge is 0.310 e. The predicted molar refractivity (Wildman–Crippen MR) is 95.4 cm³/mol. The van der Waals surface area contributed by atoms with Crippen LogP contribution in [-0.2, 0) is 14.3 Å². The maximum Gasteiger partial charge on any atom is 0.310 e. The molecule has 0 saturated carbocycles. The van der Waals surface area contributed by atoms with Crippen molar-refractivity contribution in [1.29, 1.82) is 0 Å². The average molecular weight is 353 g/mol. The van der Waals surface area contributed by atoms with Gasteiger partial charge in [0.05, 0.1) is 29.8 Å². The molecule has 5 nitrogen and oxygen atoms in total. The number of piperidine rings is 1. The average Bonchev–Trinajstić information content (AvgIpc) is 2.51. The fourth-order valence-corrected chi connectivity index (χ4v) is 3.48. The molecule has 0 aliphatic carbocycles. The molecule has 1 heterocycles. The number of halogens is 1. The van der Waals surface area contributed by atoms with Gasteiger partial charge in [-0.05, 0) is 57.4 Å². The number of amides is 1. The number of nitrogens with one attached hydrogen (secondary N) is 1. The lowest BCUT2D eigenvalue weighted by Gasteiger charge is -2.30. The van der Waals surface area contributed by atoms with Crippen LogP contribution in [0.3, 0.4) is 0 Å². The van der Waals surface area contributed by atoms with Crippen molar-refractivity contribution in [2.75, 3.05) is 31.6 Å². The Morgan fingerprint density at radius 3 is 2.79 bits per heavy atom. The molecule has 1 fully saturated rings. The minimum absolute atomic E-state index is 0.117. The monoisotopic (exact) mass is 352 g/mol. The van der Waals surface area contributed by atoms with Gasteiger partial charge in [-0.1, -0.05) is 17.7 Å². The van der Waals surface area contributed by atoms with Crippen LogP contribution in [-0.4, -0.2) is 43.0 Å². The lowest BCUT2D eigenvalue weighted by atomic mass is 9.98. The highest BCUT2D eigenvalue weighted by Gasteiger charge is 2.27. The van der Waals surface area contributed by atoms with Gasteiger partial charge < -0.3 is 10.1 Å². The fraction of sp³-hybridized carbons (Fsp3) is 0.556. The van der Waals surface area contributed by atoms with Crippen molar-refractivity contribution in [3.8, 4) is 0 Å². The third-order valence-corrected chi connectivity index (χ3v) is 4.49. The van der Waals surface area contributed by atoms with E-state index in [0.717, 1.165) is 30.5 Å². The Kier molecular flexibility index (Phi) is 6.63. The van der Waals surface area contributed by atoms with Crippen LogP contribution in [0.25, 0.3) is 0 Å². The van der Waals surface area contributed by atoms with Crippen molar-refractivity contribution in [3.63, 3.8) is 0 Å². The van der Waals surface area contributed by atoms with Gasteiger partial charge in [0.25, 0.3) is 0 Å². The first-order valence-corrected chi connectivity index (χ1v) is 8.74. The molecule has 1 atom stereocenters. The van der Waals surface area contributed by atoms with Crippen molar-refractivity contribution in [1.82, 2.24) is 4.90 Å². The molecular formula is C18H25ClN2O3. The number of carbonyl (C=O) groups is 2. The second kappa shape index (κ2) is 8.49. The van der Waals surface area contributed by atoms with Crippen molar-refractivity contribution in [3.05, 3.63) is 28.3 Å². The number of anilines is 1. The fourth-order valence-electron chi connectivity index (χ4n) is 3.11. The highest BCUT2D eigenvalue weighted by atomic mass is 35.5. The number of aryl methyl sites for hydroxylation is 2. The molecular weight excluding hydrogens is 328 g/mol. The molecule has 1 amide bonds. The Labute approximate surface area is 148 Å². The van der Waals surface area contributed by atoms with Gasteiger partial charge in [-0.25, -0.2) is 0 Å². The molecule has 1 aromatic rings. The van der Waals surface area contributed by atoms with Crippen LogP contribution in [0.15, 0.2) is 12.1 Å². The van der Waals surface area contributed by atoms with Gasteiger partial charge in [0.1, 0.15) is 0 Å². The molecule has 1 saturated heterocycles. The summed E-state index contributed by atoms with van der Waals surface area (Å²) in [5, 5.41) is 3.44. The van der Waals surface area contributed by atoms with Gasteiger partial charge in [-0.2, -0.15) is 0 Å². The second-order valence-electron chi connectivity index (χ2n) is 6.31. The Balaban J connectivity index is 1.94. The molecule has 1 aromatic carbocycles. The van der Waals surface area contributed by atoms with Gasteiger partial charge in [-0.3, -0.25) is 14.5 Å². The van der Waals surface area contributed by atoms with E-state index in [9.17, 15) is 9.59 Å². The lowest BCUT2D eigenvalue weighted by Crippen LogP contribution is -2.43. The summed E-state index contributed by atoms with van der Waals surface area (Å²) in [6.07, 6.45) is 1.71. The lowest BCUT2D eigenvalue weighted by molar-refractivity contribution is -0.150. The van der Waals surface area contributed by atoms with E-state index >= 15 is 0 Å². The van der Waals surface area contributed by atoms with Crippen LogP contribution in [0.5, 0.6) is 0 Å². The number of benzene rings is 1. The third kappa shape index (κ3) is 4.95. The van der Waals surface area contributed by atoms with Crippen molar-refractivity contribution < 1.29 is 14.3 Å². The van der Waals surface area contributed by atoms with Crippen molar-refractivity contribution >= 4 is 29.2 Å². The molecule has 24 heavy (non-hydrogen) atoms. The van der Waals surface area contributed by atoms with E-state index in [0.29, 0.717) is 23.9 Å². The number of ether oxygens (including phenoxy) is 1. The zero-order valence-electron chi connectivity index (χ0n) is 14.5. The molecule has 1 aliphatic heterocycles. The molecule has 0 unspecified atom stereocenters. The summed E-state index contributed by atoms with van der Waals surface area (Å²) in [5.74, 6) is -0.426. The third-order valence-electron chi connectivity index (χ3n) is 4.19. The number of hydrogen-bond donors (Lipinski definition) is 1. The van der Waals surface area contributed by atoms with E-state index < -0.39 is 0 Å². The van der Waals surface area contributed by atoms with Gasteiger partial charge in [0.15, 0.2) is 0 Å². The molecule has 0 aromatic heterocycles. The predicted octanol–water partition coefficient (Wildman–Crippen LogP) is 3.17. The summed E-state index contributed by atoms with van der Waals surface area (Å²) in [5.41, 5.74) is 2.66. The van der Waals surface area contributed by atoms with Crippen molar-refractivity contribution in [2.24, 2.45) is 5.92 Å². The number of likely N-dealkylation sites (tertiary alicyclic amines) is 1. The summed E-state index contributed by atoms with van der Waals surface area (Å²) in [6.45, 7) is 7.71. The first kappa shape index (κ1) is 18.7. The van der Waals surface area contributed by atoms with Crippen LogP contribution in [0.1, 0.15) is 30.9 Å². The molecule has 132 valence electrons. The number of hydrogen-bond acceptors (Lipinski definition) is 4. The van der Waals surface area contributed by atoms with Crippen LogP contribution in [0.2, 0.25) is 5.02 Å². The van der Waals surface area contributed by atoms with E-state index in [1.165, 1.54) is 0 Å².